The molecule has 0 aromatic rings. The Balaban J connectivity index is 2.03. The second kappa shape index (κ2) is 7.58. The molecule has 2 aliphatic rings. The highest BCUT2D eigenvalue weighted by molar-refractivity contribution is 7.92. The number of amides is 1. The number of carbonyl (C=O) groups excluding carboxylic acids is 1. The highest BCUT2D eigenvalue weighted by Gasteiger charge is 2.37. The Hall–Kier alpha value is -0.620. The molecule has 1 unspecified atom stereocenters. The van der Waals surface area contributed by atoms with Crippen molar-refractivity contribution in [3.05, 3.63) is 0 Å². The van der Waals surface area contributed by atoms with E-state index in [4.69, 9.17) is 0 Å². The van der Waals surface area contributed by atoms with Gasteiger partial charge in [0.25, 0.3) is 0 Å². The number of nitrogens with one attached hydrogen (secondary N) is 1. The molecule has 6 heteroatoms. The Labute approximate surface area is 128 Å². The average molecular weight is 316 g/mol. The van der Waals surface area contributed by atoms with E-state index in [1.54, 1.807) is 0 Å². The van der Waals surface area contributed by atoms with Crippen LogP contribution in [0.25, 0.3) is 0 Å². The summed E-state index contributed by atoms with van der Waals surface area (Å²) in [7, 11) is -3.23. The summed E-state index contributed by atoms with van der Waals surface area (Å²) in [4.78, 5) is 14.5. The highest BCUT2D eigenvalue weighted by atomic mass is 32.2. The first kappa shape index (κ1) is 16.7. The van der Waals surface area contributed by atoms with E-state index >= 15 is 0 Å². The molecule has 122 valence electrons. The molecule has 2 heterocycles. The molecule has 21 heavy (non-hydrogen) atoms. The molecule has 2 rings (SSSR count). The van der Waals surface area contributed by atoms with Crippen molar-refractivity contribution < 1.29 is 13.2 Å². The van der Waals surface area contributed by atoms with Crippen molar-refractivity contribution in [3.63, 3.8) is 0 Å². The van der Waals surface area contributed by atoms with E-state index < -0.39 is 15.1 Å². The third-order valence-electron chi connectivity index (χ3n) is 4.60. The number of rotatable bonds is 5. The van der Waals surface area contributed by atoms with Gasteiger partial charge in [-0.25, -0.2) is 8.42 Å². The van der Waals surface area contributed by atoms with Crippen LogP contribution >= 0.6 is 0 Å². The minimum atomic E-state index is -3.23. The Kier molecular flexibility index (Phi) is 6.05. The highest BCUT2D eigenvalue weighted by Crippen LogP contribution is 2.23. The molecule has 0 aromatic heterocycles. The van der Waals surface area contributed by atoms with Gasteiger partial charge in [0, 0.05) is 13.1 Å². The molecule has 0 spiro atoms. The molecule has 0 saturated carbocycles. The van der Waals surface area contributed by atoms with Crippen molar-refractivity contribution in [2.45, 2.75) is 50.7 Å². The molecule has 0 aliphatic carbocycles. The Bertz CT molecular complexity index is 444. The van der Waals surface area contributed by atoms with Crippen LogP contribution in [-0.2, 0) is 14.6 Å². The van der Waals surface area contributed by atoms with Crippen molar-refractivity contribution in [3.8, 4) is 0 Å². The van der Waals surface area contributed by atoms with Gasteiger partial charge in [-0.1, -0.05) is 13.3 Å². The Morgan fingerprint density at radius 3 is 2.52 bits per heavy atom. The fourth-order valence-corrected chi connectivity index (χ4v) is 5.25. The van der Waals surface area contributed by atoms with Crippen LogP contribution in [0, 0.1) is 5.92 Å². The summed E-state index contributed by atoms with van der Waals surface area (Å²) in [5.74, 6) is 0.541. The van der Waals surface area contributed by atoms with Crippen molar-refractivity contribution >= 4 is 15.7 Å². The van der Waals surface area contributed by atoms with Crippen LogP contribution in [0.2, 0.25) is 0 Å². The van der Waals surface area contributed by atoms with E-state index in [1.165, 1.54) is 0 Å². The van der Waals surface area contributed by atoms with Crippen LogP contribution in [-0.4, -0.2) is 56.4 Å². The maximum Gasteiger partial charge on any atom is 0.240 e. The van der Waals surface area contributed by atoms with Crippen LogP contribution < -0.4 is 5.32 Å². The molecular formula is C15H28N2O3S. The number of hydrogen-bond donors (Lipinski definition) is 1. The van der Waals surface area contributed by atoms with Gasteiger partial charge in [-0.2, -0.15) is 0 Å². The lowest BCUT2D eigenvalue weighted by atomic mass is 9.97. The summed E-state index contributed by atoms with van der Waals surface area (Å²) < 4.78 is 24.3. The zero-order valence-electron chi connectivity index (χ0n) is 13.0. The third kappa shape index (κ3) is 4.42. The first-order valence-electron chi connectivity index (χ1n) is 8.25. The number of carbonyl (C=O) groups is 1. The van der Waals surface area contributed by atoms with Gasteiger partial charge in [0.15, 0.2) is 9.84 Å². The monoisotopic (exact) mass is 316 g/mol. The first-order chi connectivity index (χ1) is 10.0. The molecule has 2 saturated heterocycles. The zero-order valence-corrected chi connectivity index (χ0v) is 13.8. The number of hydrogen-bond acceptors (Lipinski definition) is 4. The van der Waals surface area contributed by atoms with E-state index in [9.17, 15) is 13.2 Å². The second-order valence-electron chi connectivity index (χ2n) is 6.33. The van der Waals surface area contributed by atoms with E-state index in [2.05, 4.69) is 5.32 Å². The number of nitrogens with zero attached hydrogens (tertiary/aromatic N) is 1. The van der Waals surface area contributed by atoms with Crippen molar-refractivity contribution in [1.82, 2.24) is 10.2 Å². The van der Waals surface area contributed by atoms with Crippen LogP contribution in [0.5, 0.6) is 0 Å². The maximum atomic E-state index is 12.7. The van der Waals surface area contributed by atoms with Gasteiger partial charge in [0.2, 0.25) is 5.91 Å². The average Bonchev–Trinajstić information content (AvgIpc) is 2.47. The van der Waals surface area contributed by atoms with Gasteiger partial charge in [-0.15, -0.1) is 0 Å². The normalized spacial score (nSPS) is 26.4. The molecule has 0 bridgehead atoms. The first-order valence-corrected chi connectivity index (χ1v) is 9.97. The van der Waals surface area contributed by atoms with Crippen molar-refractivity contribution in [2.75, 3.05) is 31.9 Å². The molecule has 2 fully saturated rings. The van der Waals surface area contributed by atoms with Crippen LogP contribution in [0.1, 0.15) is 45.4 Å². The molecule has 1 N–H and O–H groups in total. The Morgan fingerprint density at radius 1 is 1.19 bits per heavy atom. The fraction of sp³-hybridized carbons (Fsp3) is 0.933. The van der Waals surface area contributed by atoms with Gasteiger partial charge in [-0.3, -0.25) is 4.79 Å². The lowest BCUT2D eigenvalue weighted by molar-refractivity contribution is -0.131. The minimum absolute atomic E-state index is 0.143. The molecular weight excluding hydrogens is 288 g/mol. The summed E-state index contributed by atoms with van der Waals surface area (Å²) >= 11 is 0. The predicted octanol–water partition coefficient (Wildman–Crippen LogP) is 1.19. The van der Waals surface area contributed by atoms with Gasteiger partial charge in [-0.05, 0) is 51.1 Å². The summed E-state index contributed by atoms with van der Waals surface area (Å²) in [5, 5.41) is 2.55. The van der Waals surface area contributed by atoms with Gasteiger partial charge in [0.1, 0.15) is 5.25 Å². The summed E-state index contributed by atoms with van der Waals surface area (Å²) in [6, 6.07) is 0. The van der Waals surface area contributed by atoms with E-state index in [1.807, 2.05) is 11.8 Å². The predicted molar refractivity (Wildman–Crippen MR) is 83.9 cm³/mol. The minimum Gasteiger partial charge on any atom is -0.341 e. The Morgan fingerprint density at radius 2 is 1.90 bits per heavy atom. The summed E-state index contributed by atoms with van der Waals surface area (Å²) in [6.45, 7) is 5.44. The SMILES string of the molecule is CCCN(CC1CCNCC1)C(=O)C1CCCCS1(=O)=O. The van der Waals surface area contributed by atoms with Crippen LogP contribution in [0.3, 0.4) is 0 Å². The number of piperidine rings is 1. The molecule has 0 radical (unpaired) electrons. The van der Waals surface area contributed by atoms with E-state index in [0.29, 0.717) is 25.3 Å². The molecule has 0 aromatic carbocycles. The maximum absolute atomic E-state index is 12.7. The topological polar surface area (TPSA) is 66.5 Å². The fourth-order valence-electron chi connectivity index (χ4n) is 3.37. The molecule has 5 nitrogen and oxygen atoms in total. The number of sulfone groups is 1. The van der Waals surface area contributed by atoms with Crippen LogP contribution in [0.15, 0.2) is 0 Å². The van der Waals surface area contributed by atoms with Gasteiger partial charge >= 0.3 is 0 Å². The van der Waals surface area contributed by atoms with E-state index in [-0.39, 0.29) is 11.7 Å². The molecule has 1 atom stereocenters. The lowest BCUT2D eigenvalue weighted by Crippen LogP contribution is -2.48. The van der Waals surface area contributed by atoms with E-state index in [0.717, 1.165) is 45.3 Å². The van der Waals surface area contributed by atoms with Crippen molar-refractivity contribution in [1.29, 1.82) is 0 Å². The zero-order chi connectivity index (χ0) is 15.3. The van der Waals surface area contributed by atoms with Gasteiger partial charge in [0.05, 0.1) is 5.75 Å². The summed E-state index contributed by atoms with van der Waals surface area (Å²) in [5.41, 5.74) is 0. The standard InChI is InChI=1S/C15H28N2O3S/c1-2-10-17(12-13-6-8-16-9-7-13)15(18)14-5-3-4-11-21(14,19)20/h13-14,16H,2-12H2,1H3. The summed E-state index contributed by atoms with van der Waals surface area (Å²) in [6.07, 6.45) is 5.09. The van der Waals surface area contributed by atoms with Crippen LogP contribution in [0.4, 0.5) is 0 Å². The largest absolute Gasteiger partial charge is 0.341 e. The van der Waals surface area contributed by atoms with Gasteiger partial charge < -0.3 is 10.2 Å². The quantitative estimate of drug-likeness (QED) is 0.827. The smallest absolute Gasteiger partial charge is 0.240 e. The second-order valence-corrected chi connectivity index (χ2v) is 8.63. The lowest BCUT2D eigenvalue weighted by Gasteiger charge is -2.33. The molecule has 1 amide bonds. The third-order valence-corrected chi connectivity index (χ3v) is 6.76. The molecule has 2 aliphatic heterocycles. The van der Waals surface area contributed by atoms with Crippen molar-refractivity contribution in [2.24, 2.45) is 5.92 Å².